The fraction of sp³-hybridized carbons (Fsp3) is 0.538. The van der Waals surface area contributed by atoms with Crippen LogP contribution in [0, 0.1) is 0 Å². The van der Waals surface area contributed by atoms with E-state index in [0.717, 1.165) is 35.2 Å². The quantitative estimate of drug-likeness (QED) is 0.510. The Labute approximate surface area is 101 Å². The highest BCUT2D eigenvalue weighted by Crippen LogP contribution is 2.04. The molecule has 1 rings (SSSR count). The van der Waals surface area contributed by atoms with Gasteiger partial charge in [0.1, 0.15) is 15.4 Å². The van der Waals surface area contributed by atoms with E-state index in [1.807, 2.05) is 13.8 Å². The molecule has 0 aliphatic heterocycles. The molecule has 0 spiro atoms. The standard InChI is InChI=1S/C13H20O2Si/c1-3-14-13(15-4-2)16-11-10-12-8-6-5-7-9-12/h5-9,13H,3-4,10-11H2,1-2H3. The highest BCUT2D eigenvalue weighted by Gasteiger charge is 2.08. The first kappa shape index (κ1) is 13.4. The van der Waals surface area contributed by atoms with Gasteiger partial charge in [-0.2, -0.15) is 0 Å². The molecule has 0 saturated heterocycles. The molecule has 16 heavy (non-hydrogen) atoms. The molecule has 2 nitrogen and oxygen atoms in total. The van der Waals surface area contributed by atoms with Gasteiger partial charge in [0.2, 0.25) is 0 Å². The lowest BCUT2D eigenvalue weighted by Gasteiger charge is -2.15. The smallest absolute Gasteiger partial charge is 0.137 e. The van der Waals surface area contributed by atoms with Crippen molar-refractivity contribution in [3.63, 3.8) is 0 Å². The molecule has 0 aliphatic rings. The summed E-state index contributed by atoms with van der Waals surface area (Å²) in [5, 5.41) is 0. The molecular weight excluding hydrogens is 216 g/mol. The lowest BCUT2D eigenvalue weighted by Crippen LogP contribution is -2.24. The zero-order chi connectivity index (χ0) is 11.6. The Morgan fingerprint density at radius 2 is 1.69 bits per heavy atom. The minimum absolute atomic E-state index is 0.00119. The molecule has 0 fully saturated rings. The van der Waals surface area contributed by atoms with Crippen LogP contribution in [0.15, 0.2) is 30.3 Å². The molecule has 1 aromatic rings. The van der Waals surface area contributed by atoms with E-state index in [9.17, 15) is 0 Å². The van der Waals surface area contributed by atoms with Crippen molar-refractivity contribution in [2.45, 2.75) is 32.2 Å². The molecule has 0 saturated carbocycles. The van der Waals surface area contributed by atoms with Gasteiger partial charge in [0.25, 0.3) is 0 Å². The molecule has 0 heterocycles. The van der Waals surface area contributed by atoms with Gasteiger partial charge in [0, 0.05) is 13.2 Å². The van der Waals surface area contributed by atoms with Crippen LogP contribution in [-0.2, 0) is 15.9 Å². The van der Waals surface area contributed by atoms with E-state index in [4.69, 9.17) is 9.47 Å². The second kappa shape index (κ2) is 8.50. The van der Waals surface area contributed by atoms with Crippen molar-refractivity contribution in [3.05, 3.63) is 35.9 Å². The Bertz CT molecular complexity index is 258. The summed E-state index contributed by atoms with van der Waals surface area (Å²) >= 11 is 0. The molecule has 0 aliphatic carbocycles. The molecule has 1 aromatic carbocycles. The van der Waals surface area contributed by atoms with Gasteiger partial charge in [-0.25, -0.2) is 0 Å². The number of hydrogen-bond acceptors (Lipinski definition) is 2. The lowest BCUT2D eigenvalue weighted by atomic mass is 10.2. The van der Waals surface area contributed by atoms with Gasteiger partial charge in [0.05, 0.1) is 0 Å². The van der Waals surface area contributed by atoms with Crippen LogP contribution in [0.1, 0.15) is 19.4 Å². The maximum atomic E-state index is 5.51. The molecule has 0 unspecified atom stereocenters. The number of ether oxygens (including phenoxy) is 2. The molecule has 0 aromatic heterocycles. The normalized spacial score (nSPS) is 10.9. The van der Waals surface area contributed by atoms with Gasteiger partial charge in [0.15, 0.2) is 0 Å². The average molecular weight is 236 g/mol. The summed E-state index contributed by atoms with van der Waals surface area (Å²) in [6.45, 7) is 5.47. The Morgan fingerprint density at radius 1 is 1.06 bits per heavy atom. The van der Waals surface area contributed by atoms with Crippen LogP contribution in [0.5, 0.6) is 0 Å². The Morgan fingerprint density at radius 3 is 2.25 bits per heavy atom. The molecule has 3 heteroatoms. The van der Waals surface area contributed by atoms with Crippen molar-refractivity contribution >= 4 is 9.52 Å². The molecule has 0 atom stereocenters. The Balaban J connectivity index is 2.22. The third-order valence-corrected chi connectivity index (χ3v) is 3.41. The Kier molecular flexibility index (Phi) is 7.13. The van der Waals surface area contributed by atoms with Crippen LogP contribution in [0.2, 0.25) is 6.04 Å². The van der Waals surface area contributed by atoms with Crippen LogP contribution in [0.25, 0.3) is 0 Å². The maximum Gasteiger partial charge on any atom is 0.137 e. The number of aryl methyl sites for hydroxylation is 1. The van der Waals surface area contributed by atoms with E-state index < -0.39 is 0 Å². The van der Waals surface area contributed by atoms with Gasteiger partial charge >= 0.3 is 0 Å². The third kappa shape index (κ3) is 5.44. The van der Waals surface area contributed by atoms with Gasteiger partial charge in [-0.3, -0.25) is 0 Å². The van der Waals surface area contributed by atoms with Crippen molar-refractivity contribution in [1.29, 1.82) is 0 Å². The third-order valence-electron chi connectivity index (χ3n) is 2.20. The lowest BCUT2D eigenvalue weighted by molar-refractivity contribution is -0.0827. The van der Waals surface area contributed by atoms with Gasteiger partial charge < -0.3 is 9.47 Å². The summed E-state index contributed by atoms with van der Waals surface area (Å²) in [6.07, 6.45) is 1.11. The number of rotatable bonds is 8. The van der Waals surface area contributed by atoms with Crippen LogP contribution in [0.3, 0.4) is 0 Å². The fourth-order valence-corrected chi connectivity index (χ4v) is 2.69. The van der Waals surface area contributed by atoms with Crippen LogP contribution >= 0.6 is 0 Å². The van der Waals surface area contributed by atoms with Crippen LogP contribution in [-0.4, -0.2) is 28.6 Å². The monoisotopic (exact) mass is 236 g/mol. The first-order valence-electron chi connectivity index (χ1n) is 5.87. The summed E-state index contributed by atoms with van der Waals surface area (Å²) in [6, 6.07) is 11.7. The molecule has 0 amide bonds. The SMILES string of the molecule is CCOC(OCC)[Si]CCc1ccccc1. The van der Waals surface area contributed by atoms with E-state index >= 15 is 0 Å². The molecule has 2 radical (unpaired) electrons. The van der Waals surface area contributed by atoms with E-state index in [0.29, 0.717) is 0 Å². The number of benzene rings is 1. The van der Waals surface area contributed by atoms with E-state index in [-0.39, 0.29) is 5.91 Å². The topological polar surface area (TPSA) is 18.5 Å². The van der Waals surface area contributed by atoms with Crippen molar-refractivity contribution in [2.24, 2.45) is 0 Å². The van der Waals surface area contributed by atoms with E-state index in [2.05, 4.69) is 30.3 Å². The fourth-order valence-electron chi connectivity index (χ4n) is 1.45. The molecular formula is C13H20O2Si. The summed E-state index contributed by atoms with van der Waals surface area (Å²) < 4.78 is 11.0. The van der Waals surface area contributed by atoms with E-state index in [1.54, 1.807) is 0 Å². The average Bonchev–Trinajstić information content (AvgIpc) is 2.31. The van der Waals surface area contributed by atoms with Crippen LogP contribution < -0.4 is 0 Å². The highest BCUT2D eigenvalue weighted by atomic mass is 28.2. The summed E-state index contributed by atoms with van der Waals surface area (Å²) in [5.74, 6) is -0.00119. The summed E-state index contributed by atoms with van der Waals surface area (Å²) in [4.78, 5) is 0. The van der Waals surface area contributed by atoms with E-state index in [1.165, 1.54) is 5.56 Å². The summed E-state index contributed by atoms with van der Waals surface area (Å²) in [7, 11) is 0.718. The van der Waals surface area contributed by atoms with Gasteiger partial charge in [-0.15, -0.1) is 0 Å². The van der Waals surface area contributed by atoms with Crippen molar-refractivity contribution in [3.8, 4) is 0 Å². The van der Waals surface area contributed by atoms with Gasteiger partial charge in [-0.1, -0.05) is 36.4 Å². The predicted molar refractivity (Wildman–Crippen MR) is 67.7 cm³/mol. The van der Waals surface area contributed by atoms with Crippen molar-refractivity contribution < 1.29 is 9.47 Å². The molecule has 88 valence electrons. The number of hydrogen-bond donors (Lipinski definition) is 0. The largest absolute Gasteiger partial charge is 0.357 e. The summed E-state index contributed by atoms with van der Waals surface area (Å²) in [5.41, 5.74) is 1.39. The zero-order valence-corrected chi connectivity index (χ0v) is 11.1. The zero-order valence-electron chi connectivity index (χ0n) is 10.1. The van der Waals surface area contributed by atoms with Crippen LogP contribution in [0.4, 0.5) is 0 Å². The predicted octanol–water partition coefficient (Wildman–Crippen LogP) is 2.71. The second-order valence-corrected chi connectivity index (χ2v) is 4.81. The van der Waals surface area contributed by atoms with Gasteiger partial charge in [-0.05, 0) is 25.8 Å². The molecule has 0 N–H and O–H groups in total. The second-order valence-electron chi connectivity index (χ2n) is 3.43. The maximum absolute atomic E-state index is 5.51. The van der Waals surface area contributed by atoms with Crippen molar-refractivity contribution in [2.75, 3.05) is 13.2 Å². The van der Waals surface area contributed by atoms with Crippen molar-refractivity contribution in [1.82, 2.24) is 0 Å². The first-order valence-corrected chi connectivity index (χ1v) is 7.15. The molecule has 0 bridgehead atoms. The minimum atomic E-state index is -0.00119. The highest BCUT2D eigenvalue weighted by molar-refractivity contribution is 6.36. The minimum Gasteiger partial charge on any atom is -0.357 e. The Hall–Kier alpha value is -0.643. The first-order chi connectivity index (χ1) is 7.86.